The molecule has 1 saturated heterocycles. The van der Waals surface area contributed by atoms with Gasteiger partial charge in [-0.25, -0.2) is 0 Å². The Morgan fingerprint density at radius 3 is 2.42 bits per heavy atom. The maximum atomic E-state index is 13.9. The Bertz CT molecular complexity index is 1230. The molecule has 3 amide bonds. The van der Waals surface area contributed by atoms with Crippen molar-refractivity contribution >= 4 is 46.5 Å². The minimum atomic E-state index is -1.25. The Balaban J connectivity index is 1.52. The number of nitrogens with one attached hydrogen (secondary N) is 1. The van der Waals surface area contributed by atoms with Crippen LogP contribution in [0.2, 0.25) is 0 Å². The van der Waals surface area contributed by atoms with E-state index >= 15 is 0 Å². The molecule has 166 valence electrons. The fourth-order valence-electron chi connectivity index (χ4n) is 4.31. The number of amides is 3. The number of thioether (sulfide) groups is 1. The minimum Gasteiger partial charge on any atom is -0.497 e. The molecule has 7 nitrogen and oxygen atoms in total. The van der Waals surface area contributed by atoms with Gasteiger partial charge < -0.3 is 10.1 Å². The molecule has 1 atom stereocenters. The number of nitrogens with zero attached hydrogens (tertiary/aromatic N) is 2. The first-order chi connectivity index (χ1) is 16.0. The van der Waals surface area contributed by atoms with Gasteiger partial charge in [-0.3, -0.25) is 24.2 Å². The van der Waals surface area contributed by atoms with E-state index in [-0.39, 0.29) is 30.0 Å². The number of anilines is 3. The topological polar surface area (TPSA) is 79.0 Å². The Morgan fingerprint density at radius 2 is 1.70 bits per heavy atom. The number of ether oxygens (including phenoxy) is 1. The average Bonchev–Trinajstić information content (AvgIpc) is 3.31. The largest absolute Gasteiger partial charge is 0.497 e. The fraction of sp³-hybridized carbons (Fsp3) is 0.160. The van der Waals surface area contributed by atoms with Gasteiger partial charge in [0, 0.05) is 16.9 Å². The van der Waals surface area contributed by atoms with Gasteiger partial charge in [0.15, 0.2) is 0 Å². The van der Waals surface area contributed by atoms with E-state index in [1.165, 1.54) is 16.7 Å². The van der Waals surface area contributed by atoms with E-state index < -0.39 is 4.87 Å². The van der Waals surface area contributed by atoms with E-state index in [9.17, 15) is 14.4 Å². The third-order valence-corrected chi connectivity index (χ3v) is 7.14. The van der Waals surface area contributed by atoms with Crippen molar-refractivity contribution in [3.63, 3.8) is 0 Å². The summed E-state index contributed by atoms with van der Waals surface area (Å²) in [5, 5.41) is 2.83. The Hall–Kier alpha value is -3.78. The molecule has 2 heterocycles. The second kappa shape index (κ2) is 8.29. The monoisotopic (exact) mass is 459 g/mol. The molecule has 3 aromatic rings. The third kappa shape index (κ3) is 3.43. The van der Waals surface area contributed by atoms with E-state index in [1.54, 1.807) is 48.4 Å². The van der Waals surface area contributed by atoms with Crippen molar-refractivity contribution in [3.05, 3.63) is 84.4 Å². The van der Waals surface area contributed by atoms with Gasteiger partial charge in [-0.05, 0) is 42.5 Å². The maximum Gasteiger partial charge on any atom is 0.269 e. The zero-order chi connectivity index (χ0) is 23.0. The molecule has 5 rings (SSSR count). The number of carbonyl (C=O) groups is 3. The second-order valence-corrected chi connectivity index (χ2v) is 8.85. The second-order valence-electron chi connectivity index (χ2n) is 7.68. The van der Waals surface area contributed by atoms with Crippen LogP contribution >= 0.6 is 11.8 Å². The molecular formula is C25H21N3O4S. The number of fused-ring (bicyclic) bond motifs is 2. The summed E-state index contributed by atoms with van der Waals surface area (Å²) in [6.45, 7) is -0.155. The number of benzene rings is 3. The van der Waals surface area contributed by atoms with Gasteiger partial charge in [0.25, 0.3) is 5.91 Å². The molecule has 0 bridgehead atoms. The van der Waals surface area contributed by atoms with Crippen molar-refractivity contribution in [2.45, 2.75) is 4.87 Å². The van der Waals surface area contributed by atoms with Gasteiger partial charge in [0.1, 0.15) is 12.3 Å². The summed E-state index contributed by atoms with van der Waals surface area (Å²) < 4.78 is 5.23. The number of para-hydroxylation sites is 2. The molecule has 8 heteroatoms. The maximum absolute atomic E-state index is 13.9. The van der Waals surface area contributed by atoms with Gasteiger partial charge in [-0.1, -0.05) is 36.4 Å². The van der Waals surface area contributed by atoms with E-state index in [0.29, 0.717) is 28.4 Å². The van der Waals surface area contributed by atoms with Crippen LogP contribution in [0.15, 0.2) is 78.9 Å². The smallest absolute Gasteiger partial charge is 0.269 e. The Kier molecular flexibility index (Phi) is 5.30. The van der Waals surface area contributed by atoms with Gasteiger partial charge in [0.05, 0.1) is 18.6 Å². The van der Waals surface area contributed by atoms with Crippen LogP contribution in [0.25, 0.3) is 0 Å². The number of rotatable bonds is 5. The summed E-state index contributed by atoms with van der Waals surface area (Å²) in [6, 6.07) is 23.5. The van der Waals surface area contributed by atoms with Crippen LogP contribution in [0.1, 0.15) is 5.56 Å². The summed E-state index contributed by atoms with van der Waals surface area (Å²) in [5.74, 6) is 0.0366. The van der Waals surface area contributed by atoms with Gasteiger partial charge in [0.2, 0.25) is 16.7 Å². The lowest BCUT2D eigenvalue weighted by Crippen LogP contribution is -2.50. The highest BCUT2D eigenvalue weighted by atomic mass is 32.2. The van der Waals surface area contributed by atoms with Crippen molar-refractivity contribution < 1.29 is 19.1 Å². The van der Waals surface area contributed by atoms with Crippen LogP contribution in [-0.2, 0) is 19.3 Å². The minimum absolute atomic E-state index is 0.155. The lowest BCUT2D eigenvalue weighted by atomic mass is 10.0. The van der Waals surface area contributed by atoms with Crippen LogP contribution in [0.3, 0.4) is 0 Å². The summed E-state index contributed by atoms with van der Waals surface area (Å²) in [5.41, 5.74) is 2.59. The number of hydrogen-bond acceptors (Lipinski definition) is 5. The summed E-state index contributed by atoms with van der Waals surface area (Å²) in [4.78, 5) is 41.5. The van der Waals surface area contributed by atoms with E-state index in [2.05, 4.69) is 5.32 Å². The number of hydrogen-bond donors (Lipinski definition) is 1. The highest BCUT2D eigenvalue weighted by molar-refractivity contribution is 8.02. The molecular weight excluding hydrogens is 438 g/mol. The summed E-state index contributed by atoms with van der Waals surface area (Å²) in [7, 11) is 1.57. The normalized spacial score (nSPS) is 19.2. The highest BCUT2D eigenvalue weighted by Crippen LogP contribution is 2.55. The van der Waals surface area contributed by atoms with Gasteiger partial charge in [-0.15, -0.1) is 11.8 Å². The predicted molar refractivity (Wildman–Crippen MR) is 128 cm³/mol. The molecule has 0 radical (unpaired) electrons. The van der Waals surface area contributed by atoms with Crippen LogP contribution in [0, 0.1) is 0 Å². The lowest BCUT2D eigenvalue weighted by molar-refractivity contribution is -0.124. The van der Waals surface area contributed by atoms with Crippen molar-refractivity contribution in [2.75, 3.05) is 34.5 Å². The van der Waals surface area contributed by atoms with Gasteiger partial charge in [-0.2, -0.15) is 0 Å². The Morgan fingerprint density at radius 1 is 1.00 bits per heavy atom. The van der Waals surface area contributed by atoms with Crippen molar-refractivity contribution in [3.8, 4) is 5.75 Å². The first-order valence-electron chi connectivity index (χ1n) is 10.4. The molecule has 2 aliphatic rings. The molecule has 33 heavy (non-hydrogen) atoms. The number of methoxy groups -OCH3 is 1. The first kappa shape index (κ1) is 21.1. The summed E-state index contributed by atoms with van der Waals surface area (Å²) in [6.07, 6.45) is 0. The van der Waals surface area contributed by atoms with E-state index in [1.807, 2.05) is 42.5 Å². The average molecular weight is 460 g/mol. The predicted octanol–water partition coefficient (Wildman–Crippen LogP) is 3.61. The SMILES string of the molecule is COc1ccc(N2C(=O)CS[C@]23C(=O)N(CC(=O)Nc2ccccc2)c2ccccc23)cc1. The molecule has 1 spiro atoms. The van der Waals surface area contributed by atoms with Crippen LogP contribution in [0.5, 0.6) is 5.75 Å². The van der Waals surface area contributed by atoms with Crippen molar-refractivity contribution in [1.29, 1.82) is 0 Å². The Labute approximate surface area is 195 Å². The fourth-order valence-corrected chi connectivity index (χ4v) is 5.67. The van der Waals surface area contributed by atoms with Crippen molar-refractivity contribution in [2.24, 2.45) is 0 Å². The molecule has 1 N–H and O–H groups in total. The molecule has 0 aliphatic carbocycles. The van der Waals surface area contributed by atoms with E-state index in [4.69, 9.17) is 4.74 Å². The van der Waals surface area contributed by atoms with Crippen LogP contribution in [-0.4, -0.2) is 37.1 Å². The highest BCUT2D eigenvalue weighted by Gasteiger charge is 2.61. The quantitative estimate of drug-likeness (QED) is 0.631. The number of carbonyl (C=O) groups excluding carboxylic acids is 3. The zero-order valence-corrected chi connectivity index (χ0v) is 18.7. The standard InChI is InChI=1S/C25H21N3O4S/c1-32-19-13-11-18(12-14-19)28-23(30)16-33-25(28)20-9-5-6-10-21(20)27(24(25)31)15-22(29)26-17-7-3-2-4-8-17/h2-14H,15-16H2,1H3,(H,26,29)/t25-/m1/s1. The molecule has 2 aliphatic heterocycles. The third-order valence-electron chi connectivity index (χ3n) is 5.75. The molecule has 3 aromatic carbocycles. The molecule has 0 unspecified atom stereocenters. The van der Waals surface area contributed by atoms with E-state index in [0.717, 1.165) is 0 Å². The summed E-state index contributed by atoms with van der Waals surface area (Å²) >= 11 is 1.28. The molecule has 0 aromatic heterocycles. The van der Waals surface area contributed by atoms with Crippen LogP contribution in [0.4, 0.5) is 17.1 Å². The van der Waals surface area contributed by atoms with Crippen molar-refractivity contribution in [1.82, 2.24) is 0 Å². The first-order valence-corrected chi connectivity index (χ1v) is 11.4. The molecule has 1 fully saturated rings. The molecule has 0 saturated carbocycles. The zero-order valence-electron chi connectivity index (χ0n) is 17.9. The van der Waals surface area contributed by atoms with Crippen LogP contribution < -0.4 is 19.9 Å². The van der Waals surface area contributed by atoms with Gasteiger partial charge >= 0.3 is 0 Å². The lowest BCUT2D eigenvalue weighted by Gasteiger charge is -2.33.